The van der Waals surface area contributed by atoms with Crippen molar-refractivity contribution in [3.63, 3.8) is 0 Å². The Bertz CT molecular complexity index is 449. The predicted octanol–water partition coefficient (Wildman–Crippen LogP) is 1.26. The summed E-state index contributed by atoms with van der Waals surface area (Å²) in [6, 6.07) is 3.84. The minimum atomic E-state index is -1.41. The van der Waals surface area contributed by atoms with Crippen LogP contribution in [0.2, 0.25) is 0 Å². The molecule has 1 saturated heterocycles. The molecule has 3 atom stereocenters. The number of carbonyl (C=O) groups is 2. The van der Waals surface area contributed by atoms with Crippen LogP contribution >= 0.6 is 0 Å². The van der Waals surface area contributed by atoms with E-state index in [0.717, 1.165) is 25.7 Å². The van der Waals surface area contributed by atoms with E-state index in [2.05, 4.69) is 12.2 Å². The summed E-state index contributed by atoms with van der Waals surface area (Å²) in [6.07, 6.45) is 4.64. The van der Waals surface area contributed by atoms with E-state index in [-0.39, 0.29) is 0 Å². The highest BCUT2D eigenvalue weighted by Crippen LogP contribution is 2.73. The standard InChI is InChI=1S/C13H15N3O2/c1-2-3-4-5-6-9-12(7-14)10(17)16-11(18)13(9,12)8-15/h9H,2-6H2,1H3,(H,16,17,18)/t9?,12-,13+. The lowest BCUT2D eigenvalue weighted by atomic mass is 9.98. The van der Waals surface area contributed by atoms with Gasteiger partial charge < -0.3 is 0 Å². The van der Waals surface area contributed by atoms with Gasteiger partial charge in [0.05, 0.1) is 12.1 Å². The van der Waals surface area contributed by atoms with E-state index in [1.807, 2.05) is 12.1 Å². The highest BCUT2D eigenvalue weighted by Gasteiger charge is 2.89. The van der Waals surface area contributed by atoms with E-state index in [1.54, 1.807) is 0 Å². The van der Waals surface area contributed by atoms with Gasteiger partial charge in [0, 0.05) is 5.92 Å². The van der Waals surface area contributed by atoms with Crippen LogP contribution in [0, 0.1) is 39.4 Å². The SMILES string of the molecule is CCCCCCC1[C@]2(C#N)C(=O)NC(=O)[C@]12C#N. The third-order valence-electron chi connectivity index (χ3n) is 4.23. The lowest BCUT2D eigenvalue weighted by Gasteiger charge is -2.06. The van der Waals surface area contributed by atoms with Crippen LogP contribution in [0.3, 0.4) is 0 Å². The Morgan fingerprint density at radius 2 is 1.67 bits per heavy atom. The highest BCUT2D eigenvalue weighted by atomic mass is 16.2. The number of unbranched alkanes of at least 4 members (excludes halogenated alkanes) is 3. The zero-order chi connectivity index (χ0) is 13.4. The maximum atomic E-state index is 11.7. The lowest BCUT2D eigenvalue weighted by Crippen LogP contribution is -2.32. The Labute approximate surface area is 106 Å². The zero-order valence-corrected chi connectivity index (χ0v) is 10.3. The van der Waals surface area contributed by atoms with Crippen LogP contribution in [-0.2, 0) is 9.59 Å². The van der Waals surface area contributed by atoms with Crippen molar-refractivity contribution in [2.24, 2.45) is 16.7 Å². The van der Waals surface area contributed by atoms with Gasteiger partial charge in [-0.2, -0.15) is 10.5 Å². The molecule has 2 amide bonds. The van der Waals surface area contributed by atoms with Gasteiger partial charge in [0.2, 0.25) is 11.8 Å². The van der Waals surface area contributed by atoms with Crippen molar-refractivity contribution in [1.29, 1.82) is 10.5 Å². The predicted molar refractivity (Wildman–Crippen MR) is 61.5 cm³/mol. The second kappa shape index (κ2) is 4.10. The van der Waals surface area contributed by atoms with Crippen molar-refractivity contribution < 1.29 is 9.59 Å². The number of rotatable bonds is 5. The normalized spacial score (nSPS) is 36.5. The molecular weight excluding hydrogens is 230 g/mol. The Hall–Kier alpha value is -1.88. The molecule has 1 heterocycles. The minimum absolute atomic E-state index is 0.418. The molecule has 1 saturated carbocycles. The van der Waals surface area contributed by atoms with Gasteiger partial charge in [-0.15, -0.1) is 0 Å². The van der Waals surface area contributed by atoms with Gasteiger partial charge in [-0.3, -0.25) is 14.9 Å². The van der Waals surface area contributed by atoms with Crippen LogP contribution in [0.4, 0.5) is 0 Å². The third-order valence-corrected chi connectivity index (χ3v) is 4.23. The second-order valence-electron chi connectivity index (χ2n) is 5.02. The number of hydrogen-bond acceptors (Lipinski definition) is 4. The van der Waals surface area contributed by atoms with Gasteiger partial charge in [-0.05, 0) is 6.42 Å². The van der Waals surface area contributed by atoms with Crippen molar-refractivity contribution in [3.05, 3.63) is 0 Å². The number of nitrogens with zero attached hydrogens (tertiary/aromatic N) is 2. The van der Waals surface area contributed by atoms with E-state index in [0.29, 0.717) is 6.42 Å². The van der Waals surface area contributed by atoms with Crippen LogP contribution in [0.25, 0.3) is 0 Å². The summed E-state index contributed by atoms with van der Waals surface area (Å²) in [4.78, 5) is 23.5. The van der Waals surface area contributed by atoms with Crippen LogP contribution in [0.15, 0.2) is 0 Å². The quantitative estimate of drug-likeness (QED) is 0.582. The minimum Gasteiger partial charge on any atom is -0.294 e. The molecule has 0 spiro atoms. The van der Waals surface area contributed by atoms with Crippen molar-refractivity contribution in [2.75, 3.05) is 0 Å². The van der Waals surface area contributed by atoms with Crippen molar-refractivity contribution in [2.45, 2.75) is 39.0 Å². The first-order chi connectivity index (χ1) is 8.61. The average molecular weight is 245 g/mol. The molecule has 94 valence electrons. The maximum Gasteiger partial charge on any atom is 0.249 e. The smallest absolute Gasteiger partial charge is 0.249 e. The lowest BCUT2D eigenvalue weighted by molar-refractivity contribution is -0.129. The number of imide groups is 1. The summed E-state index contributed by atoms with van der Waals surface area (Å²) >= 11 is 0. The number of carbonyl (C=O) groups excluding carboxylic acids is 2. The molecule has 0 radical (unpaired) electrons. The molecular formula is C13H15N3O2. The first-order valence-corrected chi connectivity index (χ1v) is 6.30. The third kappa shape index (κ3) is 1.19. The van der Waals surface area contributed by atoms with Crippen LogP contribution in [0.5, 0.6) is 0 Å². The molecule has 2 aliphatic rings. The number of amides is 2. The van der Waals surface area contributed by atoms with Crippen molar-refractivity contribution in [3.8, 4) is 12.1 Å². The maximum absolute atomic E-state index is 11.7. The monoisotopic (exact) mass is 245 g/mol. The number of hydrogen-bond donors (Lipinski definition) is 1. The average Bonchev–Trinajstić information content (AvgIpc) is 2.90. The molecule has 5 nitrogen and oxygen atoms in total. The molecule has 0 bridgehead atoms. The van der Waals surface area contributed by atoms with E-state index in [9.17, 15) is 20.1 Å². The molecule has 18 heavy (non-hydrogen) atoms. The molecule has 1 unspecified atom stereocenters. The fraction of sp³-hybridized carbons (Fsp3) is 0.692. The molecule has 0 aromatic rings. The molecule has 0 aromatic heterocycles. The highest BCUT2D eigenvalue weighted by molar-refractivity contribution is 6.18. The van der Waals surface area contributed by atoms with Crippen LogP contribution in [-0.4, -0.2) is 11.8 Å². The zero-order valence-electron chi connectivity index (χ0n) is 10.3. The van der Waals surface area contributed by atoms with Crippen molar-refractivity contribution >= 4 is 11.8 Å². The number of fused-ring (bicyclic) bond motifs is 1. The molecule has 1 aliphatic carbocycles. The molecule has 5 heteroatoms. The second-order valence-corrected chi connectivity index (χ2v) is 5.02. The Balaban J connectivity index is 2.15. The van der Waals surface area contributed by atoms with Gasteiger partial charge in [-0.25, -0.2) is 0 Å². The van der Waals surface area contributed by atoms with Gasteiger partial charge in [0.15, 0.2) is 10.8 Å². The number of nitrogens with one attached hydrogen (secondary N) is 1. The molecule has 1 N–H and O–H groups in total. The molecule has 1 aliphatic heterocycles. The molecule has 2 fully saturated rings. The summed E-state index contributed by atoms with van der Waals surface area (Å²) in [5.74, 6) is -1.59. The van der Waals surface area contributed by atoms with E-state index in [1.165, 1.54) is 0 Å². The van der Waals surface area contributed by atoms with Gasteiger partial charge >= 0.3 is 0 Å². The van der Waals surface area contributed by atoms with E-state index < -0.39 is 28.6 Å². The summed E-state index contributed by atoms with van der Waals surface area (Å²) in [5.41, 5.74) is -2.82. The fourth-order valence-electron chi connectivity index (χ4n) is 3.17. The van der Waals surface area contributed by atoms with E-state index >= 15 is 0 Å². The summed E-state index contributed by atoms with van der Waals surface area (Å²) in [7, 11) is 0. The summed E-state index contributed by atoms with van der Waals surface area (Å²) in [5, 5.41) is 20.5. The van der Waals surface area contributed by atoms with Crippen molar-refractivity contribution in [1.82, 2.24) is 5.32 Å². The number of piperidine rings is 1. The summed E-state index contributed by atoms with van der Waals surface area (Å²) in [6.45, 7) is 2.09. The molecule has 2 rings (SSSR count). The largest absolute Gasteiger partial charge is 0.294 e. The Morgan fingerprint density at radius 3 is 2.11 bits per heavy atom. The summed E-state index contributed by atoms with van der Waals surface area (Å²) < 4.78 is 0. The topological polar surface area (TPSA) is 93.8 Å². The molecule has 0 aromatic carbocycles. The fourth-order valence-corrected chi connectivity index (χ4v) is 3.17. The first-order valence-electron chi connectivity index (χ1n) is 6.30. The van der Waals surface area contributed by atoms with Crippen LogP contribution in [0.1, 0.15) is 39.0 Å². The Morgan fingerprint density at radius 1 is 1.11 bits per heavy atom. The number of nitriles is 2. The van der Waals surface area contributed by atoms with E-state index in [4.69, 9.17) is 0 Å². The Kier molecular flexibility index (Phi) is 2.86. The van der Waals surface area contributed by atoms with Crippen LogP contribution < -0.4 is 5.32 Å². The van der Waals surface area contributed by atoms with Gasteiger partial charge in [0.1, 0.15) is 0 Å². The first kappa shape index (κ1) is 12.6. The van der Waals surface area contributed by atoms with Gasteiger partial charge in [0.25, 0.3) is 0 Å². The van der Waals surface area contributed by atoms with Gasteiger partial charge in [-0.1, -0.05) is 32.6 Å².